The van der Waals surface area contributed by atoms with Gasteiger partial charge < -0.3 is 25.3 Å². The first-order valence-electron chi connectivity index (χ1n) is 10.8. The Bertz CT molecular complexity index is 1280. The number of hydrogen-bond acceptors (Lipinski definition) is 9. The number of amides is 1. The number of anilines is 2. The topological polar surface area (TPSA) is 157 Å². The van der Waals surface area contributed by atoms with Crippen molar-refractivity contribution in [2.45, 2.75) is 38.9 Å². The van der Waals surface area contributed by atoms with Crippen molar-refractivity contribution in [2.75, 3.05) is 28.3 Å². The molecule has 0 aliphatic carbocycles. The van der Waals surface area contributed by atoms with Gasteiger partial charge in [0.1, 0.15) is 30.3 Å². The number of aromatic nitrogens is 2. The molecular weight excluding hydrogens is 520 g/mol. The third kappa shape index (κ3) is 6.35. The van der Waals surface area contributed by atoms with Gasteiger partial charge in [-0.25, -0.2) is 18.6 Å². The third-order valence-electron chi connectivity index (χ3n) is 5.32. The molecule has 0 saturated carbocycles. The number of carbonyl (C=O) groups is 1. The second-order valence-electron chi connectivity index (χ2n) is 7.80. The minimum Gasteiger partial charge on any atom is -0.491 e. The van der Waals surface area contributed by atoms with Gasteiger partial charge in [-0.1, -0.05) is 11.8 Å². The summed E-state index contributed by atoms with van der Waals surface area (Å²) in [5.74, 6) is 2.51. The molecule has 2 aromatic rings. The van der Waals surface area contributed by atoms with Crippen molar-refractivity contribution in [3.8, 4) is 17.1 Å². The zero-order valence-electron chi connectivity index (χ0n) is 19.3. The molecule has 4 N–H and O–H groups in total. The number of nitrogens with two attached hydrogens (primary N) is 1. The van der Waals surface area contributed by atoms with Gasteiger partial charge in [-0.15, -0.1) is 0 Å². The van der Waals surface area contributed by atoms with E-state index in [1.54, 1.807) is 37.3 Å². The number of ether oxygens (including phenoxy) is 1. The molecule has 1 saturated heterocycles. The first-order valence-corrected chi connectivity index (χ1v) is 13.3. The van der Waals surface area contributed by atoms with Crippen LogP contribution in [-0.2, 0) is 26.3 Å². The summed E-state index contributed by atoms with van der Waals surface area (Å²) >= 11 is 1.05. The van der Waals surface area contributed by atoms with Crippen molar-refractivity contribution < 1.29 is 36.1 Å². The van der Waals surface area contributed by atoms with Crippen LogP contribution in [0.4, 0.5) is 20.3 Å². The standard InChI is InChI=1S/C19H19F2N5O3S.C2H6O3S/c1-10(18(22)28)23-11-2-3-12-14(6-11)29-5-4-25-7-15(24-19(12)25)26-13(17(20)21)9-30-16(26)8-27;1-2-6(3,4)5/h2-3,6-7,10,13,17,23H,4-5,9H2,1H3,(H2,22,28);2H2,1H3,(H,3,4,5)/t10-,13-;/m0./s1. The van der Waals surface area contributed by atoms with Crippen LogP contribution in [0.25, 0.3) is 11.4 Å². The van der Waals surface area contributed by atoms with Crippen LogP contribution in [0.5, 0.6) is 5.75 Å². The Labute approximate surface area is 210 Å². The van der Waals surface area contributed by atoms with Crippen LogP contribution < -0.4 is 20.7 Å². The van der Waals surface area contributed by atoms with Crippen LogP contribution in [0.2, 0.25) is 0 Å². The number of nitrogens with zero attached hydrogens (tertiary/aromatic N) is 3. The van der Waals surface area contributed by atoms with Gasteiger partial charge in [0.2, 0.25) is 5.91 Å². The highest BCUT2D eigenvalue weighted by atomic mass is 32.2. The number of nitrogens with one attached hydrogen (secondary N) is 1. The number of primary amides is 1. The highest BCUT2D eigenvalue weighted by Gasteiger charge is 2.39. The molecule has 2 aliphatic heterocycles. The van der Waals surface area contributed by atoms with E-state index in [-0.39, 0.29) is 22.4 Å². The number of halogens is 2. The molecule has 11 nitrogen and oxygen atoms in total. The summed E-state index contributed by atoms with van der Waals surface area (Å²) in [6.07, 6.45) is -0.977. The Balaban J connectivity index is 0.000000538. The molecule has 2 aliphatic rings. The minimum atomic E-state index is -3.66. The normalized spacial score (nSPS) is 17.7. The van der Waals surface area contributed by atoms with Crippen molar-refractivity contribution in [1.29, 1.82) is 0 Å². The SMILES string of the molecule is CCS(=O)(=O)O.C[C@H](Nc1ccc2c(c1)OCCn1cc(N3C(=C=O)SC[C@H]3C(F)F)nc1-2)C(N)=O. The average molecular weight is 546 g/mol. The molecular formula is C21H25F2N5O6S2. The lowest BCUT2D eigenvalue weighted by Gasteiger charge is -2.22. The number of rotatable bonds is 6. The van der Waals surface area contributed by atoms with E-state index in [9.17, 15) is 26.8 Å². The van der Waals surface area contributed by atoms with E-state index in [0.717, 1.165) is 11.8 Å². The molecule has 1 amide bonds. The summed E-state index contributed by atoms with van der Waals surface area (Å²) in [6, 6.07) is 3.58. The van der Waals surface area contributed by atoms with Crippen molar-refractivity contribution in [3.05, 3.63) is 29.4 Å². The molecule has 0 radical (unpaired) electrons. The maximum Gasteiger partial charge on any atom is 0.264 e. The summed E-state index contributed by atoms with van der Waals surface area (Å²) in [7, 11) is -3.66. The molecule has 196 valence electrons. The predicted octanol–water partition coefficient (Wildman–Crippen LogP) is 1.98. The Hall–Kier alpha value is -3.13. The van der Waals surface area contributed by atoms with Crippen LogP contribution in [-0.4, -0.2) is 71.0 Å². The smallest absolute Gasteiger partial charge is 0.264 e. The first kappa shape index (κ1) is 27.5. The highest BCUT2D eigenvalue weighted by Crippen LogP contribution is 2.40. The van der Waals surface area contributed by atoms with E-state index < -0.39 is 34.5 Å². The number of thioether (sulfide) groups is 1. The number of imidazole rings is 1. The number of carbonyl (C=O) groups excluding carboxylic acids is 2. The molecule has 36 heavy (non-hydrogen) atoms. The Morgan fingerprint density at radius 2 is 2.14 bits per heavy atom. The van der Waals surface area contributed by atoms with Crippen molar-refractivity contribution >= 4 is 45.2 Å². The second kappa shape index (κ2) is 11.3. The lowest BCUT2D eigenvalue weighted by Crippen LogP contribution is -2.36. The van der Waals surface area contributed by atoms with Crippen molar-refractivity contribution in [2.24, 2.45) is 5.73 Å². The zero-order valence-corrected chi connectivity index (χ0v) is 21.0. The van der Waals surface area contributed by atoms with Gasteiger partial charge in [0.05, 0.1) is 17.9 Å². The summed E-state index contributed by atoms with van der Waals surface area (Å²) in [6.45, 7) is 3.82. The molecule has 1 aromatic carbocycles. The second-order valence-corrected chi connectivity index (χ2v) is 10.6. The molecule has 0 bridgehead atoms. The van der Waals surface area contributed by atoms with Gasteiger partial charge in [0.15, 0.2) is 16.8 Å². The van der Waals surface area contributed by atoms with Crippen LogP contribution in [0.3, 0.4) is 0 Å². The maximum absolute atomic E-state index is 13.5. The fourth-order valence-corrected chi connectivity index (χ4v) is 4.44. The van der Waals surface area contributed by atoms with E-state index >= 15 is 0 Å². The monoisotopic (exact) mass is 545 g/mol. The van der Waals surface area contributed by atoms with E-state index in [1.165, 1.54) is 11.8 Å². The largest absolute Gasteiger partial charge is 0.491 e. The van der Waals surface area contributed by atoms with Crippen LogP contribution in [0.15, 0.2) is 29.4 Å². The molecule has 1 fully saturated rings. The van der Waals surface area contributed by atoms with Crippen molar-refractivity contribution in [1.82, 2.24) is 9.55 Å². The number of benzene rings is 1. The summed E-state index contributed by atoms with van der Waals surface area (Å²) in [5, 5.41) is 3.10. The van der Waals surface area contributed by atoms with Gasteiger partial charge >= 0.3 is 0 Å². The lowest BCUT2D eigenvalue weighted by molar-refractivity contribution is -0.118. The Morgan fingerprint density at radius 3 is 2.72 bits per heavy atom. The van der Waals surface area contributed by atoms with Crippen molar-refractivity contribution in [3.63, 3.8) is 0 Å². The van der Waals surface area contributed by atoms with E-state index in [1.807, 2.05) is 4.57 Å². The van der Waals surface area contributed by atoms with Gasteiger partial charge in [0.25, 0.3) is 16.5 Å². The maximum atomic E-state index is 13.5. The average Bonchev–Trinajstić information content (AvgIpc) is 3.39. The molecule has 3 heterocycles. The fraction of sp³-hybridized carbons (Fsp3) is 0.429. The number of hydrogen-bond donors (Lipinski definition) is 3. The third-order valence-corrected chi connectivity index (χ3v) is 7.11. The molecule has 4 rings (SSSR count). The minimum absolute atomic E-state index is 0.0945. The van der Waals surface area contributed by atoms with Gasteiger partial charge in [0, 0.05) is 23.7 Å². The quantitative estimate of drug-likeness (QED) is 0.362. The highest BCUT2D eigenvalue weighted by molar-refractivity contribution is 8.03. The van der Waals surface area contributed by atoms with Gasteiger partial charge in [-0.2, -0.15) is 8.42 Å². The molecule has 0 spiro atoms. The number of fused-ring (bicyclic) bond motifs is 3. The van der Waals surface area contributed by atoms with E-state index in [2.05, 4.69) is 10.3 Å². The van der Waals surface area contributed by atoms with Gasteiger partial charge in [-0.3, -0.25) is 9.35 Å². The summed E-state index contributed by atoms with van der Waals surface area (Å²) in [5.41, 5.74) is 6.62. The fourth-order valence-electron chi connectivity index (χ4n) is 3.39. The Morgan fingerprint density at radius 1 is 1.44 bits per heavy atom. The predicted molar refractivity (Wildman–Crippen MR) is 131 cm³/mol. The molecule has 1 aromatic heterocycles. The molecule has 2 atom stereocenters. The zero-order chi connectivity index (χ0) is 26.6. The molecule has 0 unspecified atom stereocenters. The van der Waals surface area contributed by atoms with E-state index in [4.69, 9.17) is 15.0 Å². The molecule has 15 heteroatoms. The number of alkyl halides is 2. The summed E-state index contributed by atoms with van der Waals surface area (Å²) < 4.78 is 61.5. The van der Waals surface area contributed by atoms with Gasteiger partial charge in [-0.05, 0) is 26.0 Å². The van der Waals surface area contributed by atoms with Crippen LogP contribution in [0, 0.1) is 0 Å². The van der Waals surface area contributed by atoms with E-state index in [0.29, 0.717) is 36.0 Å². The lowest BCUT2D eigenvalue weighted by atomic mass is 10.1. The Kier molecular flexibility index (Phi) is 8.61. The van der Waals surface area contributed by atoms with Crippen LogP contribution in [0.1, 0.15) is 13.8 Å². The van der Waals surface area contributed by atoms with Crippen LogP contribution >= 0.6 is 11.8 Å². The first-order chi connectivity index (χ1) is 16.9. The summed E-state index contributed by atoms with van der Waals surface area (Å²) in [4.78, 5) is 28.4.